The number of benzene rings is 2. The van der Waals surface area contributed by atoms with Gasteiger partial charge in [-0.15, -0.1) is 11.3 Å². The van der Waals surface area contributed by atoms with Crippen molar-refractivity contribution in [3.8, 4) is 6.07 Å². The van der Waals surface area contributed by atoms with Crippen molar-refractivity contribution in [2.75, 3.05) is 11.4 Å². The maximum Gasteiger partial charge on any atom is 0.259 e. The molecule has 0 unspecified atom stereocenters. The number of hydrogen-bond acceptors (Lipinski definition) is 4. The number of hydrogen-bond donors (Lipinski definition) is 1. The number of nitrogens with two attached hydrogens (primary N) is 1. The van der Waals surface area contributed by atoms with Crippen molar-refractivity contribution in [1.82, 2.24) is 0 Å². The van der Waals surface area contributed by atoms with E-state index in [9.17, 15) is 10.1 Å². The largest absolute Gasteiger partial charge is 0.405 e. The predicted octanol–water partition coefficient (Wildman–Crippen LogP) is 5.16. The maximum absolute atomic E-state index is 13.7. The van der Waals surface area contributed by atoms with E-state index in [0.717, 1.165) is 52.6 Å². The number of nitriles is 1. The van der Waals surface area contributed by atoms with Crippen LogP contribution in [-0.4, -0.2) is 12.5 Å². The summed E-state index contributed by atoms with van der Waals surface area (Å²) < 4.78 is 0. The second-order valence-corrected chi connectivity index (χ2v) is 8.52. The fraction of sp³-hybridized carbons (Fsp3) is 0.250. The highest BCUT2D eigenvalue weighted by Crippen LogP contribution is 2.40. The molecule has 0 saturated carbocycles. The van der Waals surface area contributed by atoms with E-state index in [2.05, 4.69) is 6.07 Å². The number of carbonyl (C=O) groups excluding carboxylic acids is 1. The number of carbonyl (C=O) groups is 1. The van der Waals surface area contributed by atoms with Gasteiger partial charge < -0.3 is 5.73 Å². The van der Waals surface area contributed by atoms with Crippen molar-refractivity contribution in [1.29, 1.82) is 5.26 Å². The van der Waals surface area contributed by atoms with Gasteiger partial charge in [0, 0.05) is 17.0 Å². The number of anilines is 1. The highest BCUT2D eigenvalue weighted by molar-refractivity contribution is 7.16. The molecule has 2 N–H and O–H groups in total. The van der Waals surface area contributed by atoms with Crippen LogP contribution in [0.4, 0.5) is 5.00 Å². The van der Waals surface area contributed by atoms with Crippen LogP contribution < -0.4 is 10.6 Å². The Kier molecular flexibility index (Phi) is 5.37. The number of aryl methyl sites for hydroxylation is 1. The number of nitrogens with zero attached hydrogens (tertiary/aromatic N) is 2. The molecule has 1 heterocycles. The van der Waals surface area contributed by atoms with E-state index < -0.39 is 0 Å². The van der Waals surface area contributed by atoms with E-state index in [-0.39, 0.29) is 5.91 Å². The lowest BCUT2D eigenvalue weighted by Gasteiger charge is -2.23. The predicted molar refractivity (Wildman–Crippen MR) is 119 cm³/mol. The van der Waals surface area contributed by atoms with E-state index in [4.69, 9.17) is 5.73 Å². The summed E-state index contributed by atoms with van der Waals surface area (Å²) in [7, 11) is 0. The molecule has 4 nitrogen and oxygen atoms in total. The van der Waals surface area contributed by atoms with Gasteiger partial charge in [-0.1, -0.05) is 36.4 Å². The summed E-state index contributed by atoms with van der Waals surface area (Å²) in [6.07, 6.45) is 5.66. The Bertz CT molecular complexity index is 1150. The summed E-state index contributed by atoms with van der Waals surface area (Å²) in [5.74, 6) is -0.0990. The van der Waals surface area contributed by atoms with Crippen molar-refractivity contribution in [3.05, 3.63) is 75.8 Å². The third-order valence-corrected chi connectivity index (χ3v) is 6.78. The molecule has 2 aromatic carbocycles. The van der Waals surface area contributed by atoms with Gasteiger partial charge in [0.2, 0.25) is 0 Å². The second kappa shape index (κ2) is 8.10. The highest BCUT2D eigenvalue weighted by atomic mass is 32.1. The third kappa shape index (κ3) is 3.52. The minimum Gasteiger partial charge on any atom is -0.405 e. The molecule has 5 heteroatoms. The quantitative estimate of drug-likeness (QED) is 0.656. The Hall–Kier alpha value is -3.10. The number of rotatable bonds is 4. The first kappa shape index (κ1) is 19.2. The van der Waals surface area contributed by atoms with Crippen LogP contribution in [0.2, 0.25) is 0 Å². The van der Waals surface area contributed by atoms with E-state index in [1.54, 1.807) is 16.2 Å². The van der Waals surface area contributed by atoms with E-state index in [1.165, 1.54) is 11.1 Å². The molecular formula is C24H23N3OS. The second-order valence-electron chi connectivity index (χ2n) is 7.43. The topological polar surface area (TPSA) is 70.1 Å². The molecule has 29 heavy (non-hydrogen) atoms. The Balaban J connectivity index is 1.86. The molecule has 1 amide bonds. The lowest BCUT2D eigenvalue weighted by Crippen LogP contribution is -2.32. The fourth-order valence-electron chi connectivity index (χ4n) is 3.95. The van der Waals surface area contributed by atoms with E-state index >= 15 is 0 Å². The van der Waals surface area contributed by atoms with Crippen molar-refractivity contribution < 1.29 is 4.79 Å². The van der Waals surface area contributed by atoms with Crippen LogP contribution in [0.3, 0.4) is 0 Å². The standard InChI is InChI=1S/C24H23N3OS/c1-16(13-25)15-27(24-21(14-26)19-10-4-5-12-22(19)29-24)23(28)20-11-6-8-17-7-2-3-9-18(17)20/h2-3,6-9,11,13H,4-5,10,12,15,25H2,1H3/b16-13+. The zero-order valence-electron chi connectivity index (χ0n) is 16.4. The maximum atomic E-state index is 13.7. The summed E-state index contributed by atoms with van der Waals surface area (Å²) >= 11 is 1.59. The van der Waals surface area contributed by atoms with Gasteiger partial charge in [0.05, 0.1) is 5.56 Å². The van der Waals surface area contributed by atoms with Crippen molar-refractivity contribution in [2.45, 2.75) is 32.6 Å². The molecule has 0 saturated heterocycles. The highest BCUT2D eigenvalue weighted by Gasteiger charge is 2.28. The number of amides is 1. The smallest absolute Gasteiger partial charge is 0.259 e. The first-order chi connectivity index (χ1) is 14.1. The lowest BCUT2D eigenvalue weighted by molar-refractivity contribution is 0.0991. The lowest BCUT2D eigenvalue weighted by atomic mass is 9.96. The van der Waals surface area contributed by atoms with Gasteiger partial charge in [-0.25, -0.2) is 0 Å². The summed E-state index contributed by atoms with van der Waals surface area (Å²) in [6.45, 7) is 2.27. The van der Waals surface area contributed by atoms with Crippen LogP contribution in [0.5, 0.6) is 0 Å². The SMILES string of the molecule is C/C(=C\N)CN(C(=O)c1cccc2ccccc12)c1sc2c(c1C#N)CCCC2. The van der Waals surface area contributed by atoms with Crippen LogP contribution in [-0.2, 0) is 12.8 Å². The van der Waals surface area contributed by atoms with Crippen LogP contribution in [0.15, 0.2) is 54.2 Å². The van der Waals surface area contributed by atoms with Gasteiger partial charge in [0.15, 0.2) is 0 Å². The molecular weight excluding hydrogens is 378 g/mol. The molecule has 0 radical (unpaired) electrons. The molecule has 0 bridgehead atoms. The van der Waals surface area contributed by atoms with Crippen LogP contribution >= 0.6 is 11.3 Å². The average molecular weight is 402 g/mol. The zero-order valence-corrected chi connectivity index (χ0v) is 17.3. The molecule has 0 atom stereocenters. The minimum atomic E-state index is -0.0990. The summed E-state index contributed by atoms with van der Waals surface area (Å²) in [5, 5.41) is 12.6. The monoisotopic (exact) mass is 401 g/mol. The third-order valence-electron chi connectivity index (χ3n) is 5.47. The van der Waals surface area contributed by atoms with Crippen LogP contribution in [0.1, 0.15) is 46.1 Å². The first-order valence-electron chi connectivity index (χ1n) is 9.85. The van der Waals surface area contributed by atoms with E-state index in [0.29, 0.717) is 17.7 Å². The summed E-state index contributed by atoms with van der Waals surface area (Å²) in [6, 6.07) is 16.0. The van der Waals surface area contributed by atoms with Crippen LogP contribution in [0.25, 0.3) is 10.8 Å². The Morgan fingerprint density at radius 1 is 1.21 bits per heavy atom. The molecule has 1 aromatic heterocycles. The van der Waals surface area contributed by atoms with Gasteiger partial charge in [-0.3, -0.25) is 9.69 Å². The molecule has 0 aliphatic heterocycles. The molecule has 1 aliphatic carbocycles. The molecule has 0 spiro atoms. The Morgan fingerprint density at radius 2 is 1.97 bits per heavy atom. The van der Waals surface area contributed by atoms with E-state index in [1.807, 2.05) is 49.4 Å². The minimum absolute atomic E-state index is 0.0990. The van der Waals surface area contributed by atoms with Gasteiger partial charge >= 0.3 is 0 Å². The Morgan fingerprint density at radius 3 is 2.76 bits per heavy atom. The van der Waals surface area contributed by atoms with Gasteiger partial charge in [0.1, 0.15) is 11.1 Å². The zero-order chi connectivity index (χ0) is 20.4. The molecule has 0 fully saturated rings. The van der Waals surface area contributed by atoms with Gasteiger partial charge in [0.25, 0.3) is 5.91 Å². The van der Waals surface area contributed by atoms with Crippen molar-refractivity contribution >= 4 is 33.0 Å². The van der Waals surface area contributed by atoms with Crippen molar-refractivity contribution in [3.63, 3.8) is 0 Å². The molecule has 146 valence electrons. The number of fused-ring (bicyclic) bond motifs is 2. The molecule has 3 aromatic rings. The van der Waals surface area contributed by atoms with Crippen LogP contribution in [0, 0.1) is 11.3 Å². The van der Waals surface area contributed by atoms with Crippen molar-refractivity contribution in [2.24, 2.45) is 5.73 Å². The summed E-state index contributed by atoms with van der Waals surface area (Å²) in [5.41, 5.74) is 9.04. The first-order valence-corrected chi connectivity index (χ1v) is 10.7. The average Bonchev–Trinajstić information content (AvgIpc) is 3.14. The normalized spacial score (nSPS) is 13.7. The fourth-order valence-corrected chi connectivity index (χ4v) is 5.29. The van der Waals surface area contributed by atoms with Gasteiger partial charge in [-0.2, -0.15) is 5.26 Å². The molecule has 1 aliphatic rings. The summed E-state index contributed by atoms with van der Waals surface area (Å²) in [4.78, 5) is 16.7. The molecule has 4 rings (SSSR count). The number of thiophene rings is 1. The van der Waals surface area contributed by atoms with Gasteiger partial charge in [-0.05, 0) is 66.8 Å². The Labute approximate surface area is 174 Å².